The van der Waals surface area contributed by atoms with Crippen molar-refractivity contribution in [3.05, 3.63) is 54.6 Å². The van der Waals surface area contributed by atoms with Crippen molar-refractivity contribution < 1.29 is 9.00 Å². The van der Waals surface area contributed by atoms with Gasteiger partial charge in [0.05, 0.1) is 10.8 Å². The summed E-state index contributed by atoms with van der Waals surface area (Å²) in [5.41, 5.74) is 1.18. The summed E-state index contributed by atoms with van der Waals surface area (Å²) >= 11 is 0. The molecular formula is C17H22O2S. The summed E-state index contributed by atoms with van der Waals surface area (Å²) in [5, 5.41) is -0.487. The molecule has 0 amide bonds. The van der Waals surface area contributed by atoms with Gasteiger partial charge in [0.15, 0.2) is 0 Å². The Hall–Kier alpha value is -1.48. The molecule has 2 nitrogen and oxygen atoms in total. The van der Waals surface area contributed by atoms with Crippen LogP contribution in [0.3, 0.4) is 0 Å². The molecule has 1 rings (SSSR count). The molecule has 0 spiro atoms. The first kappa shape index (κ1) is 16.6. The predicted molar refractivity (Wildman–Crippen MR) is 85.1 cm³/mol. The van der Waals surface area contributed by atoms with Crippen LogP contribution >= 0.6 is 0 Å². The molecule has 0 aliphatic carbocycles. The minimum absolute atomic E-state index is 0.0493. The van der Waals surface area contributed by atoms with Crippen molar-refractivity contribution in [1.82, 2.24) is 0 Å². The van der Waals surface area contributed by atoms with E-state index in [4.69, 9.17) is 0 Å². The standard InChI is InChI=1S/C17H22O2S/c1-4-9-17(16(18)13-12-14(3)5-2)20(19)15-10-7-6-8-11-15/h4-8,10-11,17H,1,9,12-13H2,2-3H3/b14-5+. The van der Waals surface area contributed by atoms with Crippen LogP contribution in [0.2, 0.25) is 0 Å². The van der Waals surface area contributed by atoms with Gasteiger partial charge in [-0.3, -0.25) is 9.00 Å². The zero-order valence-electron chi connectivity index (χ0n) is 12.2. The van der Waals surface area contributed by atoms with Crippen molar-refractivity contribution in [3.8, 4) is 0 Å². The van der Waals surface area contributed by atoms with E-state index in [0.29, 0.717) is 17.7 Å². The number of carbonyl (C=O) groups excluding carboxylic acids is 1. The average Bonchev–Trinajstić information content (AvgIpc) is 2.50. The fourth-order valence-electron chi connectivity index (χ4n) is 1.83. The maximum absolute atomic E-state index is 12.5. The van der Waals surface area contributed by atoms with E-state index < -0.39 is 16.0 Å². The molecule has 1 aromatic carbocycles. The summed E-state index contributed by atoms with van der Waals surface area (Å²) in [6.45, 7) is 7.64. The Morgan fingerprint density at radius 1 is 1.30 bits per heavy atom. The number of ketones is 1. The smallest absolute Gasteiger partial charge is 0.149 e. The van der Waals surface area contributed by atoms with Gasteiger partial charge in [0, 0.05) is 11.3 Å². The van der Waals surface area contributed by atoms with Gasteiger partial charge in [-0.1, -0.05) is 35.9 Å². The molecule has 0 aliphatic heterocycles. The van der Waals surface area contributed by atoms with E-state index in [2.05, 4.69) is 6.58 Å². The van der Waals surface area contributed by atoms with Gasteiger partial charge in [-0.25, -0.2) is 0 Å². The Bertz CT molecular complexity index is 503. The minimum atomic E-state index is -1.31. The molecule has 3 heteroatoms. The molecule has 0 saturated carbocycles. The number of allylic oxidation sites excluding steroid dienone is 3. The van der Waals surface area contributed by atoms with Crippen LogP contribution in [0.5, 0.6) is 0 Å². The lowest BCUT2D eigenvalue weighted by Crippen LogP contribution is -2.25. The van der Waals surface area contributed by atoms with Crippen molar-refractivity contribution in [2.24, 2.45) is 0 Å². The second-order valence-corrected chi connectivity index (χ2v) is 6.36. The van der Waals surface area contributed by atoms with E-state index in [0.717, 1.165) is 6.42 Å². The molecule has 0 bridgehead atoms. The van der Waals surface area contributed by atoms with E-state index in [9.17, 15) is 9.00 Å². The first-order chi connectivity index (χ1) is 9.60. The fourth-order valence-corrected chi connectivity index (χ4v) is 3.26. The zero-order valence-corrected chi connectivity index (χ0v) is 13.0. The first-order valence-corrected chi connectivity index (χ1v) is 8.02. The third kappa shape index (κ3) is 4.89. The van der Waals surface area contributed by atoms with E-state index in [-0.39, 0.29) is 5.78 Å². The van der Waals surface area contributed by atoms with Crippen LogP contribution in [0.25, 0.3) is 0 Å². The lowest BCUT2D eigenvalue weighted by Gasteiger charge is -2.14. The first-order valence-electron chi connectivity index (χ1n) is 6.81. The fraction of sp³-hybridized carbons (Fsp3) is 0.353. The number of benzene rings is 1. The highest BCUT2D eigenvalue weighted by Crippen LogP contribution is 2.18. The molecule has 0 heterocycles. The quantitative estimate of drug-likeness (QED) is 0.677. The Morgan fingerprint density at radius 3 is 2.50 bits per heavy atom. The number of hydrogen-bond donors (Lipinski definition) is 0. The van der Waals surface area contributed by atoms with E-state index >= 15 is 0 Å². The van der Waals surface area contributed by atoms with E-state index in [1.54, 1.807) is 18.2 Å². The molecule has 0 N–H and O–H groups in total. The predicted octanol–water partition coefficient (Wildman–Crippen LogP) is 4.05. The summed E-state index contributed by atoms with van der Waals surface area (Å²) in [7, 11) is -1.31. The van der Waals surface area contributed by atoms with Crippen LogP contribution in [0.4, 0.5) is 0 Å². The van der Waals surface area contributed by atoms with Gasteiger partial charge in [0.2, 0.25) is 0 Å². The third-order valence-electron chi connectivity index (χ3n) is 3.23. The summed E-state index contributed by atoms with van der Waals surface area (Å²) < 4.78 is 12.5. The molecule has 0 aromatic heterocycles. The van der Waals surface area contributed by atoms with Gasteiger partial charge in [-0.2, -0.15) is 0 Å². The van der Waals surface area contributed by atoms with Gasteiger partial charge in [0.25, 0.3) is 0 Å². The van der Waals surface area contributed by atoms with Gasteiger partial charge in [-0.15, -0.1) is 6.58 Å². The molecule has 0 saturated heterocycles. The molecule has 0 fully saturated rings. The normalized spacial score (nSPS) is 14.6. The monoisotopic (exact) mass is 290 g/mol. The summed E-state index contributed by atoms with van der Waals surface area (Å²) in [4.78, 5) is 13.0. The van der Waals surface area contributed by atoms with Crippen LogP contribution in [-0.2, 0) is 15.6 Å². The zero-order chi connectivity index (χ0) is 15.0. The maximum Gasteiger partial charge on any atom is 0.149 e. The number of carbonyl (C=O) groups is 1. The summed E-state index contributed by atoms with van der Waals surface area (Å²) in [6.07, 6.45) is 5.30. The van der Waals surface area contributed by atoms with Crippen LogP contribution < -0.4 is 0 Å². The topological polar surface area (TPSA) is 34.1 Å². The average molecular weight is 290 g/mol. The van der Waals surface area contributed by atoms with Crippen molar-refractivity contribution >= 4 is 16.6 Å². The van der Waals surface area contributed by atoms with Gasteiger partial charge in [-0.05, 0) is 38.8 Å². The molecule has 0 radical (unpaired) electrons. The van der Waals surface area contributed by atoms with Crippen molar-refractivity contribution in [2.75, 3.05) is 0 Å². The summed E-state index contributed by atoms with van der Waals surface area (Å²) in [5.74, 6) is 0.0493. The molecule has 1 aromatic rings. The van der Waals surface area contributed by atoms with E-state index in [1.807, 2.05) is 38.1 Å². The molecule has 108 valence electrons. The largest absolute Gasteiger partial charge is 0.298 e. The van der Waals surface area contributed by atoms with Gasteiger partial charge >= 0.3 is 0 Å². The van der Waals surface area contributed by atoms with Crippen LogP contribution in [-0.4, -0.2) is 15.2 Å². The van der Waals surface area contributed by atoms with Gasteiger partial charge < -0.3 is 0 Å². The third-order valence-corrected chi connectivity index (χ3v) is 4.94. The molecule has 0 aliphatic rings. The van der Waals surface area contributed by atoms with Crippen LogP contribution in [0.15, 0.2) is 59.5 Å². The van der Waals surface area contributed by atoms with Crippen LogP contribution in [0, 0.1) is 0 Å². The number of Topliss-reactive ketones (excluding diaryl/α,β-unsaturated/α-hetero) is 1. The SMILES string of the molecule is C=CCC(C(=O)CC/C(C)=C/C)S(=O)c1ccccc1. The maximum atomic E-state index is 12.5. The molecular weight excluding hydrogens is 268 g/mol. The lowest BCUT2D eigenvalue weighted by atomic mass is 10.1. The minimum Gasteiger partial charge on any atom is -0.298 e. The highest BCUT2D eigenvalue weighted by molar-refractivity contribution is 7.86. The number of rotatable bonds is 8. The highest BCUT2D eigenvalue weighted by atomic mass is 32.2. The molecule has 20 heavy (non-hydrogen) atoms. The van der Waals surface area contributed by atoms with Crippen molar-refractivity contribution in [3.63, 3.8) is 0 Å². The summed E-state index contributed by atoms with van der Waals surface area (Å²) in [6, 6.07) is 9.16. The Labute approximate surface area is 124 Å². The molecule has 2 atom stereocenters. The second kappa shape index (κ2) is 8.64. The van der Waals surface area contributed by atoms with Crippen molar-refractivity contribution in [1.29, 1.82) is 0 Å². The Balaban J connectivity index is 2.80. The van der Waals surface area contributed by atoms with Gasteiger partial charge in [0.1, 0.15) is 11.0 Å². The molecule has 2 unspecified atom stereocenters. The highest BCUT2D eigenvalue weighted by Gasteiger charge is 2.24. The second-order valence-electron chi connectivity index (χ2n) is 4.72. The van der Waals surface area contributed by atoms with E-state index in [1.165, 1.54) is 5.57 Å². The lowest BCUT2D eigenvalue weighted by molar-refractivity contribution is -0.118. The Morgan fingerprint density at radius 2 is 1.95 bits per heavy atom. The van der Waals surface area contributed by atoms with Crippen LogP contribution in [0.1, 0.15) is 33.1 Å². The Kier molecular flexibility index (Phi) is 7.16. The van der Waals surface area contributed by atoms with Crippen molar-refractivity contribution in [2.45, 2.75) is 43.3 Å². The number of hydrogen-bond acceptors (Lipinski definition) is 2.